The summed E-state index contributed by atoms with van der Waals surface area (Å²) in [5.74, 6) is 4.65. The van der Waals surface area contributed by atoms with Gasteiger partial charge in [0.2, 0.25) is 0 Å². The van der Waals surface area contributed by atoms with Gasteiger partial charge >= 0.3 is 0 Å². The third kappa shape index (κ3) is 4.73. The van der Waals surface area contributed by atoms with Crippen LogP contribution < -0.4 is 9.47 Å². The molecule has 0 atom stereocenters. The van der Waals surface area contributed by atoms with Crippen molar-refractivity contribution in [1.82, 2.24) is 15.0 Å². The summed E-state index contributed by atoms with van der Waals surface area (Å²) in [4.78, 5) is 15.1. The third-order valence-electron chi connectivity index (χ3n) is 10.2. The van der Waals surface area contributed by atoms with Gasteiger partial charge in [-0.2, -0.15) is 0 Å². The van der Waals surface area contributed by atoms with Crippen LogP contribution in [0.25, 0.3) is 67.2 Å². The van der Waals surface area contributed by atoms with E-state index in [0.29, 0.717) is 34.7 Å². The number of rotatable bonds is 4. The maximum atomic E-state index is 6.75. The van der Waals surface area contributed by atoms with Gasteiger partial charge in [-0.1, -0.05) is 141 Å². The zero-order valence-electron chi connectivity index (χ0n) is 28.1. The molecule has 0 radical (unpaired) electrons. The first-order chi connectivity index (χ1) is 25.0. The summed E-state index contributed by atoms with van der Waals surface area (Å²) in [5.41, 5.74) is 9.52. The summed E-state index contributed by atoms with van der Waals surface area (Å²) < 4.78 is 13.3. The molecule has 0 fully saturated rings. The maximum absolute atomic E-state index is 6.75. The van der Waals surface area contributed by atoms with Crippen molar-refractivity contribution in [1.29, 1.82) is 0 Å². The molecular weight excluding hydrogens is 627 g/mol. The average Bonchev–Trinajstić information content (AvgIpc) is 3.41. The number of para-hydroxylation sites is 1. The van der Waals surface area contributed by atoms with E-state index in [1.165, 1.54) is 22.3 Å². The first-order valence-corrected chi connectivity index (χ1v) is 17.2. The van der Waals surface area contributed by atoms with Crippen molar-refractivity contribution in [2.45, 2.75) is 19.3 Å². The molecule has 0 spiro atoms. The molecule has 0 N–H and O–H groups in total. The van der Waals surface area contributed by atoms with Crippen LogP contribution in [0.3, 0.4) is 0 Å². The lowest BCUT2D eigenvalue weighted by Crippen LogP contribution is -2.15. The van der Waals surface area contributed by atoms with E-state index >= 15 is 0 Å². The highest BCUT2D eigenvalue weighted by molar-refractivity contribution is 5.95. The predicted molar refractivity (Wildman–Crippen MR) is 203 cm³/mol. The van der Waals surface area contributed by atoms with Crippen molar-refractivity contribution < 1.29 is 9.47 Å². The van der Waals surface area contributed by atoms with Crippen molar-refractivity contribution in [2.24, 2.45) is 0 Å². The highest BCUT2D eigenvalue weighted by Crippen LogP contribution is 2.56. The normalized spacial score (nSPS) is 13.4. The molecule has 1 aliphatic heterocycles. The van der Waals surface area contributed by atoms with Crippen molar-refractivity contribution in [3.8, 4) is 79.4 Å². The Morgan fingerprint density at radius 2 is 1.04 bits per heavy atom. The third-order valence-corrected chi connectivity index (χ3v) is 10.2. The van der Waals surface area contributed by atoms with E-state index in [9.17, 15) is 0 Å². The first-order valence-electron chi connectivity index (χ1n) is 17.2. The highest BCUT2D eigenvalue weighted by Gasteiger charge is 2.37. The minimum absolute atomic E-state index is 0.129. The first kappa shape index (κ1) is 29.3. The summed E-state index contributed by atoms with van der Waals surface area (Å²) in [6.45, 7) is 4.54. The van der Waals surface area contributed by atoms with E-state index < -0.39 is 0 Å². The minimum atomic E-state index is -0.129. The number of nitrogens with zero attached hydrogens (tertiary/aromatic N) is 3. The molecule has 0 saturated heterocycles. The van der Waals surface area contributed by atoms with Crippen molar-refractivity contribution >= 4 is 10.8 Å². The van der Waals surface area contributed by atoms with Crippen LogP contribution in [0.15, 0.2) is 152 Å². The highest BCUT2D eigenvalue weighted by atomic mass is 16.6. The van der Waals surface area contributed by atoms with Crippen LogP contribution in [-0.4, -0.2) is 15.0 Å². The lowest BCUT2D eigenvalue weighted by molar-refractivity contribution is 0.360. The van der Waals surface area contributed by atoms with Gasteiger partial charge in [0.1, 0.15) is 0 Å². The van der Waals surface area contributed by atoms with Crippen molar-refractivity contribution in [3.63, 3.8) is 0 Å². The fraction of sp³-hybridized carbons (Fsp3) is 0.0652. The molecule has 0 saturated carbocycles. The van der Waals surface area contributed by atoms with E-state index in [1.807, 2.05) is 66.7 Å². The fourth-order valence-corrected chi connectivity index (χ4v) is 7.61. The molecule has 8 aromatic rings. The molecule has 5 nitrogen and oxygen atoms in total. The number of ether oxygens (including phenoxy) is 2. The summed E-state index contributed by atoms with van der Waals surface area (Å²) in [5, 5.41) is 2.23. The molecule has 0 amide bonds. The van der Waals surface area contributed by atoms with E-state index in [2.05, 4.69) is 98.8 Å². The average molecular weight is 658 g/mol. The quantitative estimate of drug-likeness (QED) is 0.188. The summed E-state index contributed by atoms with van der Waals surface area (Å²) >= 11 is 0. The van der Waals surface area contributed by atoms with Gasteiger partial charge in [0.25, 0.3) is 0 Å². The second-order valence-electron chi connectivity index (χ2n) is 13.6. The van der Waals surface area contributed by atoms with Crippen LogP contribution in [0.2, 0.25) is 0 Å². The van der Waals surface area contributed by atoms with Gasteiger partial charge < -0.3 is 9.47 Å². The Morgan fingerprint density at radius 3 is 1.94 bits per heavy atom. The predicted octanol–water partition coefficient (Wildman–Crippen LogP) is 11.9. The molecule has 1 aromatic heterocycles. The molecule has 7 aromatic carbocycles. The van der Waals surface area contributed by atoms with Gasteiger partial charge in [0.15, 0.2) is 40.5 Å². The zero-order chi connectivity index (χ0) is 34.1. The molecule has 2 heterocycles. The van der Waals surface area contributed by atoms with Gasteiger partial charge in [0.05, 0.1) is 0 Å². The Morgan fingerprint density at radius 1 is 0.412 bits per heavy atom. The zero-order valence-corrected chi connectivity index (χ0v) is 28.1. The number of aromatic nitrogens is 3. The molecule has 5 heteroatoms. The van der Waals surface area contributed by atoms with E-state index in [0.717, 1.165) is 44.3 Å². The molecule has 2 aliphatic rings. The topological polar surface area (TPSA) is 57.1 Å². The summed E-state index contributed by atoms with van der Waals surface area (Å²) in [6, 6.07) is 51.9. The summed E-state index contributed by atoms with van der Waals surface area (Å²) in [7, 11) is 0. The van der Waals surface area contributed by atoms with Crippen LogP contribution in [0, 0.1) is 0 Å². The fourth-order valence-electron chi connectivity index (χ4n) is 7.61. The minimum Gasteiger partial charge on any atom is -0.449 e. The van der Waals surface area contributed by atoms with Crippen LogP contribution in [-0.2, 0) is 5.41 Å². The van der Waals surface area contributed by atoms with Crippen LogP contribution >= 0.6 is 0 Å². The van der Waals surface area contributed by atoms with Gasteiger partial charge in [-0.25, -0.2) is 15.0 Å². The van der Waals surface area contributed by atoms with Crippen LogP contribution in [0.1, 0.15) is 25.0 Å². The Bertz CT molecular complexity index is 2680. The van der Waals surface area contributed by atoms with Crippen molar-refractivity contribution in [2.75, 3.05) is 0 Å². The SMILES string of the molecule is CC1(C)c2ccccc2-c2cc3c(cc21)Oc1cccc(-c2cccc(-c4nc(-c5ccccc5)nc(-c5cccc6ccccc56)n4)c2)c1O3. The molecule has 1 aliphatic carbocycles. The number of benzene rings is 7. The number of hydrogen-bond acceptors (Lipinski definition) is 5. The second-order valence-corrected chi connectivity index (χ2v) is 13.6. The lowest BCUT2D eigenvalue weighted by atomic mass is 9.82. The van der Waals surface area contributed by atoms with Crippen molar-refractivity contribution in [3.05, 3.63) is 163 Å². The summed E-state index contributed by atoms with van der Waals surface area (Å²) in [6.07, 6.45) is 0. The number of fused-ring (bicyclic) bond motifs is 6. The monoisotopic (exact) mass is 657 g/mol. The molecule has 242 valence electrons. The van der Waals surface area contributed by atoms with Gasteiger partial charge in [-0.15, -0.1) is 0 Å². The van der Waals surface area contributed by atoms with E-state index in [1.54, 1.807) is 0 Å². The smallest absolute Gasteiger partial charge is 0.177 e. The molecular formula is C46H31N3O2. The standard InChI is InChI=1S/C46H31N3O2/c1-46(2)37-23-9-8-20-34(37)36-26-40-41(27-38(36)46)50-39-24-12-21-33(42(39)51-40)30-17-10-18-31(25-30)44-47-43(29-14-4-3-5-15-29)48-45(49-44)35-22-11-16-28-13-6-7-19-32(28)35/h3-27H,1-2H3. The Balaban J connectivity index is 1.08. The van der Waals surface area contributed by atoms with E-state index in [4.69, 9.17) is 24.4 Å². The molecule has 0 bridgehead atoms. The van der Waals surface area contributed by atoms with Gasteiger partial charge in [0, 0.05) is 27.7 Å². The Kier molecular flexibility index (Phi) is 6.46. The van der Waals surface area contributed by atoms with Gasteiger partial charge in [-0.05, 0) is 62.9 Å². The molecule has 51 heavy (non-hydrogen) atoms. The lowest BCUT2D eigenvalue weighted by Gasteiger charge is -2.26. The molecule has 10 rings (SSSR count). The number of hydrogen-bond donors (Lipinski definition) is 0. The Hall–Kier alpha value is -6.59. The Labute approximate surface area is 295 Å². The maximum Gasteiger partial charge on any atom is 0.177 e. The largest absolute Gasteiger partial charge is 0.449 e. The molecule has 0 unspecified atom stereocenters. The second kappa shape index (κ2) is 11.2. The van der Waals surface area contributed by atoms with E-state index in [-0.39, 0.29) is 5.41 Å². The van der Waals surface area contributed by atoms with Crippen LogP contribution in [0.5, 0.6) is 23.0 Å². The van der Waals surface area contributed by atoms with Gasteiger partial charge in [-0.3, -0.25) is 0 Å². The van der Waals surface area contributed by atoms with Crippen LogP contribution in [0.4, 0.5) is 0 Å².